The van der Waals surface area contributed by atoms with E-state index >= 15 is 0 Å². The van der Waals surface area contributed by atoms with Crippen LogP contribution in [0.25, 0.3) is 0 Å². The Morgan fingerprint density at radius 1 is 1.82 bits per heavy atom. The molecule has 0 aromatic carbocycles. The third-order valence-corrected chi connectivity index (χ3v) is 1.85. The van der Waals surface area contributed by atoms with Gasteiger partial charge < -0.3 is 9.84 Å². The Labute approximate surface area is 64.2 Å². The van der Waals surface area contributed by atoms with Gasteiger partial charge >= 0.3 is 0 Å². The van der Waals surface area contributed by atoms with Crippen molar-refractivity contribution in [2.45, 2.75) is 18.3 Å². The molecule has 3 heteroatoms. The number of aliphatic hydroxyl groups is 1. The first-order valence-electron chi connectivity index (χ1n) is 3.42. The number of fused-ring (bicyclic) bond motifs is 1. The summed E-state index contributed by atoms with van der Waals surface area (Å²) in [7, 11) is 0. The molecule has 0 aromatic rings. The van der Waals surface area contributed by atoms with Crippen LogP contribution in [0.3, 0.4) is 0 Å². The fourth-order valence-electron chi connectivity index (χ4n) is 1.14. The van der Waals surface area contributed by atoms with Gasteiger partial charge in [-0.05, 0) is 17.7 Å². The second-order valence-corrected chi connectivity index (χ2v) is 2.70. The number of nitriles is 1. The van der Waals surface area contributed by atoms with Crippen molar-refractivity contribution in [1.82, 2.24) is 0 Å². The van der Waals surface area contributed by atoms with Crippen molar-refractivity contribution in [3.05, 3.63) is 23.8 Å². The van der Waals surface area contributed by atoms with Gasteiger partial charge in [-0.1, -0.05) is 6.08 Å². The molecule has 0 spiro atoms. The fraction of sp³-hybridized carbons (Fsp3) is 0.375. The van der Waals surface area contributed by atoms with Crippen molar-refractivity contribution in [2.24, 2.45) is 0 Å². The normalized spacial score (nSPS) is 38.9. The molecule has 3 nitrogen and oxygen atoms in total. The highest BCUT2D eigenvalue weighted by Gasteiger charge is 2.53. The van der Waals surface area contributed by atoms with Crippen molar-refractivity contribution in [2.75, 3.05) is 0 Å². The molecule has 1 heterocycles. The van der Waals surface area contributed by atoms with E-state index in [0.29, 0.717) is 6.42 Å². The van der Waals surface area contributed by atoms with Crippen LogP contribution in [0.15, 0.2) is 23.8 Å². The molecule has 2 atom stereocenters. The third-order valence-electron chi connectivity index (χ3n) is 1.85. The van der Waals surface area contributed by atoms with E-state index in [-0.39, 0.29) is 6.10 Å². The van der Waals surface area contributed by atoms with Crippen LogP contribution in [0.5, 0.6) is 0 Å². The summed E-state index contributed by atoms with van der Waals surface area (Å²) in [6.07, 6.45) is 5.27. The molecule has 11 heavy (non-hydrogen) atoms. The van der Waals surface area contributed by atoms with Crippen LogP contribution >= 0.6 is 0 Å². The van der Waals surface area contributed by atoms with Gasteiger partial charge in [-0.3, -0.25) is 0 Å². The Morgan fingerprint density at radius 3 is 3.27 bits per heavy atom. The second kappa shape index (κ2) is 1.94. The van der Waals surface area contributed by atoms with Gasteiger partial charge in [0.1, 0.15) is 6.10 Å². The predicted octanol–water partition coefficient (Wildman–Crippen LogP) is 0.484. The molecule has 1 aliphatic carbocycles. The molecule has 2 aliphatic rings. The van der Waals surface area contributed by atoms with Gasteiger partial charge in [0.2, 0.25) is 5.79 Å². The topological polar surface area (TPSA) is 56.5 Å². The van der Waals surface area contributed by atoms with E-state index < -0.39 is 5.79 Å². The van der Waals surface area contributed by atoms with Gasteiger partial charge in [-0.2, -0.15) is 5.26 Å². The van der Waals surface area contributed by atoms with E-state index in [1.54, 1.807) is 18.2 Å². The maximum absolute atomic E-state index is 9.30. The van der Waals surface area contributed by atoms with E-state index in [2.05, 4.69) is 0 Å². The van der Waals surface area contributed by atoms with Crippen molar-refractivity contribution in [1.29, 1.82) is 5.26 Å². The molecule has 0 bridgehead atoms. The van der Waals surface area contributed by atoms with E-state index in [0.717, 1.165) is 5.57 Å². The lowest BCUT2D eigenvalue weighted by atomic mass is 10.0. The van der Waals surface area contributed by atoms with Gasteiger partial charge in [0.15, 0.2) is 0 Å². The van der Waals surface area contributed by atoms with Crippen LogP contribution in [0.4, 0.5) is 0 Å². The number of hydrogen-bond acceptors (Lipinski definition) is 3. The number of hydrogen-bond donors (Lipinski definition) is 1. The Morgan fingerprint density at radius 2 is 2.64 bits per heavy atom. The largest absolute Gasteiger partial charge is 0.360 e. The molecule has 56 valence electrons. The van der Waals surface area contributed by atoms with E-state index in [1.165, 1.54) is 0 Å². The first kappa shape index (κ1) is 6.59. The number of rotatable bonds is 1. The molecule has 1 N–H and O–H groups in total. The summed E-state index contributed by atoms with van der Waals surface area (Å²) in [5.74, 6) is -1.04. The van der Waals surface area contributed by atoms with Crippen molar-refractivity contribution in [3.63, 3.8) is 0 Å². The quantitative estimate of drug-likeness (QED) is 0.552. The van der Waals surface area contributed by atoms with Crippen molar-refractivity contribution in [3.8, 4) is 6.07 Å². The summed E-state index contributed by atoms with van der Waals surface area (Å²) < 4.78 is 4.92. The lowest BCUT2D eigenvalue weighted by Gasteiger charge is -2.02. The summed E-state index contributed by atoms with van der Waals surface area (Å²) in [5, 5.41) is 17.7. The predicted molar refractivity (Wildman–Crippen MR) is 37.3 cm³/mol. The molecular formula is C8H7NO2. The lowest BCUT2D eigenvalue weighted by molar-refractivity contribution is 0.0825. The van der Waals surface area contributed by atoms with Crippen LogP contribution in [0.1, 0.15) is 6.42 Å². The smallest absolute Gasteiger partial charge is 0.217 e. The monoisotopic (exact) mass is 149 g/mol. The summed E-state index contributed by atoms with van der Waals surface area (Å²) >= 11 is 0. The van der Waals surface area contributed by atoms with Crippen molar-refractivity contribution >= 4 is 0 Å². The van der Waals surface area contributed by atoms with Crippen LogP contribution in [0.2, 0.25) is 0 Å². The summed E-state index contributed by atoms with van der Waals surface area (Å²) in [6, 6.07) is 2.03. The zero-order valence-electron chi connectivity index (χ0n) is 5.82. The fourth-order valence-corrected chi connectivity index (χ4v) is 1.14. The SMILES string of the molecule is N#CCC1=CC2OC2(O)C=C1. The Balaban J connectivity index is 2.14. The van der Waals surface area contributed by atoms with E-state index in [4.69, 9.17) is 10.00 Å². The van der Waals surface area contributed by atoms with Gasteiger partial charge in [0, 0.05) is 0 Å². The molecule has 0 radical (unpaired) electrons. The molecule has 0 aromatic heterocycles. The Bertz CT molecular complexity index is 287. The summed E-state index contributed by atoms with van der Waals surface area (Å²) in [6.45, 7) is 0. The third kappa shape index (κ3) is 0.967. The highest BCUT2D eigenvalue weighted by atomic mass is 16.7. The zero-order valence-corrected chi connectivity index (χ0v) is 5.82. The molecule has 0 amide bonds. The zero-order chi connectivity index (χ0) is 7.90. The molecular weight excluding hydrogens is 142 g/mol. The minimum absolute atomic E-state index is 0.212. The van der Waals surface area contributed by atoms with Gasteiger partial charge in [0.05, 0.1) is 12.5 Å². The Hall–Kier alpha value is -1.11. The van der Waals surface area contributed by atoms with Crippen LogP contribution < -0.4 is 0 Å². The van der Waals surface area contributed by atoms with E-state index in [9.17, 15) is 5.11 Å². The average molecular weight is 149 g/mol. The minimum Gasteiger partial charge on any atom is -0.360 e. The van der Waals surface area contributed by atoms with Gasteiger partial charge in [-0.15, -0.1) is 0 Å². The molecule has 1 fully saturated rings. The standard InChI is InChI=1S/C8H7NO2/c9-4-2-6-1-3-8(10)7(5-6)11-8/h1,3,5,7,10H,2H2. The first-order valence-corrected chi connectivity index (χ1v) is 3.42. The lowest BCUT2D eigenvalue weighted by Crippen LogP contribution is -2.11. The number of allylic oxidation sites excluding steroid dienone is 2. The molecule has 2 rings (SSSR count). The van der Waals surface area contributed by atoms with E-state index in [1.807, 2.05) is 6.07 Å². The summed E-state index contributed by atoms with van der Waals surface area (Å²) in [5.41, 5.74) is 0.916. The summed E-state index contributed by atoms with van der Waals surface area (Å²) in [4.78, 5) is 0. The minimum atomic E-state index is -1.04. The van der Waals surface area contributed by atoms with Gasteiger partial charge in [-0.25, -0.2) is 0 Å². The molecule has 0 saturated carbocycles. The molecule has 2 unspecified atom stereocenters. The number of epoxide rings is 1. The average Bonchev–Trinajstić information content (AvgIpc) is 2.61. The highest BCUT2D eigenvalue weighted by Crippen LogP contribution is 2.40. The highest BCUT2D eigenvalue weighted by molar-refractivity contribution is 5.35. The van der Waals surface area contributed by atoms with Crippen molar-refractivity contribution < 1.29 is 9.84 Å². The second-order valence-electron chi connectivity index (χ2n) is 2.70. The first-order chi connectivity index (χ1) is 5.24. The maximum atomic E-state index is 9.30. The van der Waals surface area contributed by atoms with Crippen LogP contribution in [0, 0.1) is 11.3 Å². The van der Waals surface area contributed by atoms with Crippen LogP contribution in [-0.2, 0) is 4.74 Å². The molecule has 1 aliphatic heterocycles. The number of nitrogens with zero attached hydrogens (tertiary/aromatic N) is 1. The maximum Gasteiger partial charge on any atom is 0.217 e. The van der Waals surface area contributed by atoms with Crippen LogP contribution in [-0.4, -0.2) is 17.0 Å². The van der Waals surface area contributed by atoms with Gasteiger partial charge in [0.25, 0.3) is 0 Å². The number of ether oxygens (including phenoxy) is 1. The Kier molecular flexibility index (Phi) is 1.16. The molecule has 1 saturated heterocycles.